The monoisotopic (exact) mass is 303 g/mol. The molecular weight excluding hydrogens is 282 g/mol. The Morgan fingerprint density at radius 3 is 3.14 bits per heavy atom. The van der Waals surface area contributed by atoms with E-state index in [0.29, 0.717) is 11.3 Å². The van der Waals surface area contributed by atoms with Crippen LogP contribution in [0.5, 0.6) is 5.75 Å². The summed E-state index contributed by atoms with van der Waals surface area (Å²) >= 11 is 0. The topological polar surface area (TPSA) is 56.8 Å². The van der Waals surface area contributed by atoms with Gasteiger partial charge >= 0.3 is 5.97 Å². The Kier molecular flexibility index (Phi) is 4.18. The fourth-order valence-corrected chi connectivity index (χ4v) is 3.25. The first kappa shape index (κ1) is 15.1. The number of ether oxygens (including phenoxy) is 3. The molecule has 0 aliphatic carbocycles. The summed E-state index contributed by atoms with van der Waals surface area (Å²) < 4.78 is 16.2. The second-order valence-corrected chi connectivity index (χ2v) is 5.59. The first-order valence-electron chi connectivity index (χ1n) is 7.62. The van der Waals surface area contributed by atoms with Gasteiger partial charge in [0.05, 0.1) is 30.6 Å². The van der Waals surface area contributed by atoms with Crippen LogP contribution >= 0.6 is 0 Å². The molecule has 1 spiro atoms. The van der Waals surface area contributed by atoms with Crippen molar-refractivity contribution in [3.8, 4) is 5.75 Å². The first-order chi connectivity index (χ1) is 10.7. The maximum Gasteiger partial charge on any atom is 0.337 e. The summed E-state index contributed by atoms with van der Waals surface area (Å²) in [5.41, 5.74) is 1.23. The van der Waals surface area contributed by atoms with E-state index in [0.717, 1.165) is 31.6 Å². The highest BCUT2D eigenvalue weighted by Crippen LogP contribution is 2.41. The molecule has 2 atom stereocenters. The number of benzene rings is 1. The third-order valence-electron chi connectivity index (χ3n) is 4.29. The molecule has 0 radical (unpaired) electrons. The van der Waals surface area contributed by atoms with Gasteiger partial charge in [-0.15, -0.1) is 0 Å². The number of fused-ring (bicyclic) bond motifs is 2. The van der Waals surface area contributed by atoms with Crippen molar-refractivity contribution in [2.24, 2.45) is 0 Å². The molecule has 118 valence electrons. The third kappa shape index (κ3) is 2.62. The summed E-state index contributed by atoms with van der Waals surface area (Å²) in [5, 5.41) is 3.58. The molecular formula is C17H21NO4. The van der Waals surface area contributed by atoms with Crippen molar-refractivity contribution in [1.82, 2.24) is 5.32 Å². The van der Waals surface area contributed by atoms with Gasteiger partial charge in [-0.25, -0.2) is 4.79 Å². The van der Waals surface area contributed by atoms with E-state index in [2.05, 4.69) is 5.32 Å². The number of hydrogen-bond donors (Lipinski definition) is 1. The van der Waals surface area contributed by atoms with Crippen LogP contribution in [0.1, 0.15) is 35.7 Å². The number of carbonyl (C=O) groups is 1. The number of piperidine rings is 1. The maximum atomic E-state index is 11.7. The number of nitrogens with one attached hydrogen (secondary N) is 1. The number of esters is 1. The van der Waals surface area contributed by atoms with E-state index in [4.69, 9.17) is 14.2 Å². The molecule has 1 aromatic rings. The molecule has 0 aromatic heterocycles. The second-order valence-electron chi connectivity index (χ2n) is 5.59. The van der Waals surface area contributed by atoms with E-state index < -0.39 is 0 Å². The summed E-state index contributed by atoms with van der Waals surface area (Å²) in [7, 11) is 1.37. The van der Waals surface area contributed by atoms with Crippen LogP contribution in [0.25, 0.3) is 0 Å². The Labute approximate surface area is 130 Å². The van der Waals surface area contributed by atoms with E-state index in [9.17, 15) is 4.79 Å². The molecule has 3 rings (SSSR count). The van der Waals surface area contributed by atoms with Crippen molar-refractivity contribution < 1.29 is 19.0 Å². The molecule has 1 N–H and O–H groups in total. The van der Waals surface area contributed by atoms with Gasteiger partial charge < -0.3 is 19.5 Å². The Morgan fingerprint density at radius 2 is 2.36 bits per heavy atom. The minimum Gasteiger partial charge on any atom is -0.465 e. The predicted octanol–water partition coefficient (Wildman–Crippen LogP) is 2.36. The zero-order valence-corrected chi connectivity index (χ0v) is 12.9. The highest BCUT2D eigenvalue weighted by molar-refractivity contribution is 5.90. The SMILES string of the molecule is CCO[C@H]1CCN[C@]2(C=COc3cc(C(=O)OC)ccc32)C1. The van der Waals surface area contributed by atoms with Gasteiger partial charge in [0.2, 0.25) is 0 Å². The largest absolute Gasteiger partial charge is 0.465 e. The number of methoxy groups -OCH3 is 1. The van der Waals surface area contributed by atoms with E-state index >= 15 is 0 Å². The van der Waals surface area contributed by atoms with Crippen LogP contribution in [0.2, 0.25) is 0 Å². The fourth-order valence-electron chi connectivity index (χ4n) is 3.25. The highest BCUT2D eigenvalue weighted by Gasteiger charge is 2.40. The third-order valence-corrected chi connectivity index (χ3v) is 4.29. The van der Waals surface area contributed by atoms with Gasteiger partial charge in [0.15, 0.2) is 0 Å². The average molecular weight is 303 g/mol. The smallest absolute Gasteiger partial charge is 0.337 e. The minimum atomic E-state index is -0.362. The Balaban J connectivity index is 1.94. The number of carbonyl (C=O) groups excluding carboxylic acids is 1. The minimum absolute atomic E-state index is 0.224. The van der Waals surface area contributed by atoms with Crippen LogP contribution < -0.4 is 10.1 Å². The standard InChI is InChI=1S/C17H21NO4/c1-3-21-13-6-8-18-17(11-13)7-9-22-15-10-12(16(19)20-2)4-5-14(15)17/h4-5,7,9-10,13,18H,3,6,8,11H2,1-2H3/t13-,17+/m0/s1. The van der Waals surface area contributed by atoms with Crippen molar-refractivity contribution in [2.75, 3.05) is 20.3 Å². The molecule has 1 fully saturated rings. The zero-order valence-electron chi connectivity index (χ0n) is 12.9. The fraction of sp³-hybridized carbons (Fsp3) is 0.471. The first-order valence-corrected chi connectivity index (χ1v) is 7.62. The van der Waals surface area contributed by atoms with Crippen molar-refractivity contribution >= 4 is 5.97 Å². The quantitative estimate of drug-likeness (QED) is 0.869. The molecule has 22 heavy (non-hydrogen) atoms. The van der Waals surface area contributed by atoms with Gasteiger partial charge in [-0.2, -0.15) is 0 Å². The van der Waals surface area contributed by atoms with Crippen LogP contribution in [0.4, 0.5) is 0 Å². The number of rotatable bonds is 3. The molecule has 0 saturated carbocycles. The van der Waals surface area contributed by atoms with Crippen molar-refractivity contribution in [2.45, 2.75) is 31.4 Å². The summed E-state index contributed by atoms with van der Waals surface area (Å²) in [4.78, 5) is 11.7. The average Bonchev–Trinajstić information content (AvgIpc) is 2.54. The molecule has 0 amide bonds. The molecule has 5 nitrogen and oxygen atoms in total. The van der Waals surface area contributed by atoms with E-state index in [-0.39, 0.29) is 17.6 Å². The molecule has 5 heteroatoms. The molecule has 1 saturated heterocycles. The van der Waals surface area contributed by atoms with Gasteiger partial charge in [0, 0.05) is 12.2 Å². The summed E-state index contributed by atoms with van der Waals surface area (Å²) in [6.45, 7) is 3.62. The molecule has 2 aliphatic rings. The van der Waals surface area contributed by atoms with Crippen LogP contribution in [-0.2, 0) is 15.0 Å². The molecule has 1 aromatic carbocycles. The van der Waals surface area contributed by atoms with Crippen LogP contribution in [0.3, 0.4) is 0 Å². The van der Waals surface area contributed by atoms with Crippen LogP contribution in [0, 0.1) is 0 Å². The van der Waals surface area contributed by atoms with Gasteiger partial charge in [-0.05, 0) is 44.5 Å². The summed E-state index contributed by atoms with van der Waals surface area (Å²) in [5.74, 6) is 0.328. The lowest BCUT2D eigenvalue weighted by atomic mass is 9.79. The maximum absolute atomic E-state index is 11.7. The van der Waals surface area contributed by atoms with Gasteiger partial charge in [-0.3, -0.25) is 0 Å². The summed E-state index contributed by atoms with van der Waals surface area (Å²) in [6, 6.07) is 5.45. The molecule has 2 heterocycles. The lowest BCUT2D eigenvalue weighted by Gasteiger charge is -2.42. The summed E-state index contributed by atoms with van der Waals surface area (Å²) in [6.07, 6.45) is 5.80. The number of hydrogen-bond acceptors (Lipinski definition) is 5. The van der Waals surface area contributed by atoms with E-state index in [1.54, 1.807) is 18.4 Å². The van der Waals surface area contributed by atoms with Crippen molar-refractivity contribution in [3.63, 3.8) is 0 Å². The zero-order chi connectivity index (χ0) is 15.6. The van der Waals surface area contributed by atoms with E-state index in [1.165, 1.54) is 7.11 Å². The lowest BCUT2D eigenvalue weighted by molar-refractivity contribution is 0.0157. The molecule has 2 aliphatic heterocycles. The van der Waals surface area contributed by atoms with Crippen LogP contribution in [-0.4, -0.2) is 32.3 Å². The Hall–Kier alpha value is -1.85. The normalized spacial score (nSPS) is 26.4. The van der Waals surface area contributed by atoms with Gasteiger partial charge in [0.1, 0.15) is 5.75 Å². The second kappa shape index (κ2) is 6.10. The van der Waals surface area contributed by atoms with Crippen LogP contribution in [0.15, 0.2) is 30.5 Å². The molecule has 0 unspecified atom stereocenters. The Morgan fingerprint density at radius 1 is 1.50 bits per heavy atom. The Bertz CT molecular complexity index is 596. The predicted molar refractivity (Wildman–Crippen MR) is 81.9 cm³/mol. The van der Waals surface area contributed by atoms with E-state index in [1.807, 2.05) is 19.1 Å². The van der Waals surface area contributed by atoms with Gasteiger partial charge in [-0.1, -0.05) is 6.07 Å². The molecule has 0 bridgehead atoms. The van der Waals surface area contributed by atoms with Crippen molar-refractivity contribution in [3.05, 3.63) is 41.7 Å². The van der Waals surface area contributed by atoms with Crippen molar-refractivity contribution in [1.29, 1.82) is 0 Å². The van der Waals surface area contributed by atoms with Gasteiger partial charge in [0.25, 0.3) is 0 Å². The lowest BCUT2D eigenvalue weighted by Crippen LogP contribution is -2.50. The highest BCUT2D eigenvalue weighted by atomic mass is 16.5.